The maximum Gasteiger partial charge on any atom is 0.586 e. The number of carbonyl (C=O) groups excluding carboxylic acids is 1. The summed E-state index contributed by atoms with van der Waals surface area (Å²) in [7, 11) is 0. The second-order valence-electron chi connectivity index (χ2n) is 11.2. The highest BCUT2D eigenvalue weighted by Gasteiger charge is 2.54. The van der Waals surface area contributed by atoms with Gasteiger partial charge in [0.15, 0.2) is 11.5 Å². The largest absolute Gasteiger partial charge is 0.586 e. The Labute approximate surface area is 202 Å². The number of hydrogen-bond acceptors (Lipinski definition) is 6. The molecule has 9 heteroatoms. The van der Waals surface area contributed by atoms with E-state index in [4.69, 9.17) is 0 Å². The van der Waals surface area contributed by atoms with Crippen molar-refractivity contribution in [2.45, 2.75) is 64.3 Å². The number of alkyl halides is 2. The van der Waals surface area contributed by atoms with Crippen LogP contribution in [0.5, 0.6) is 11.5 Å². The van der Waals surface area contributed by atoms with E-state index in [0.717, 1.165) is 49.0 Å². The van der Waals surface area contributed by atoms with E-state index < -0.39 is 6.29 Å². The topological polar surface area (TPSA) is 76.6 Å². The molecule has 1 aromatic carbocycles. The first-order chi connectivity index (χ1) is 16.8. The highest BCUT2D eigenvalue weighted by molar-refractivity contribution is 5.95. The summed E-state index contributed by atoms with van der Waals surface area (Å²) in [6.45, 7) is 1.93. The number of rotatable bonds is 4. The number of fused-ring (bicyclic) bond motifs is 2. The summed E-state index contributed by atoms with van der Waals surface area (Å²) in [5.41, 5.74) is 2.55. The molecule has 1 aromatic heterocycles. The lowest BCUT2D eigenvalue weighted by atomic mass is 9.49. The Morgan fingerprint density at radius 2 is 1.77 bits per heavy atom. The minimum atomic E-state index is -3.61. The van der Waals surface area contributed by atoms with Crippen molar-refractivity contribution in [2.75, 3.05) is 11.9 Å². The quantitative estimate of drug-likeness (QED) is 0.691. The molecule has 2 aromatic rings. The fourth-order valence-corrected chi connectivity index (χ4v) is 7.63. The molecule has 0 atom stereocenters. The summed E-state index contributed by atoms with van der Waals surface area (Å²) in [5.74, 6) is 3.04. The number of aromatic nitrogens is 2. The number of benzene rings is 1. The maximum absolute atomic E-state index is 13.5. The monoisotopic (exact) mass is 482 g/mol. The van der Waals surface area contributed by atoms with Gasteiger partial charge in [0.2, 0.25) is 5.91 Å². The van der Waals surface area contributed by atoms with E-state index in [2.05, 4.69) is 29.7 Å². The number of carbonyl (C=O) groups is 1. The average molecular weight is 483 g/mol. The van der Waals surface area contributed by atoms with Crippen LogP contribution in [0.4, 0.5) is 14.6 Å². The summed E-state index contributed by atoms with van der Waals surface area (Å²) >= 11 is 0. The first kappa shape index (κ1) is 21.5. The highest BCUT2D eigenvalue weighted by atomic mass is 19.3. The summed E-state index contributed by atoms with van der Waals surface area (Å²) in [5, 5.41) is 3.22. The van der Waals surface area contributed by atoms with Gasteiger partial charge in [-0.3, -0.25) is 9.69 Å². The molecule has 4 saturated carbocycles. The third kappa shape index (κ3) is 3.75. The summed E-state index contributed by atoms with van der Waals surface area (Å²) < 4.78 is 35.7. The molecule has 8 rings (SSSR count). The van der Waals surface area contributed by atoms with E-state index in [-0.39, 0.29) is 22.8 Å². The number of halogens is 2. The van der Waals surface area contributed by atoms with Crippen LogP contribution >= 0.6 is 0 Å². The number of anilines is 1. The summed E-state index contributed by atoms with van der Waals surface area (Å²) in [6, 6.07) is 4.89. The normalized spacial score (nSPS) is 31.9. The van der Waals surface area contributed by atoms with Crippen molar-refractivity contribution < 1.29 is 23.0 Å². The van der Waals surface area contributed by atoms with Crippen LogP contribution in [0.15, 0.2) is 24.5 Å². The van der Waals surface area contributed by atoms with Crippen LogP contribution in [0.1, 0.15) is 55.3 Å². The van der Waals surface area contributed by atoms with Crippen LogP contribution in [0.3, 0.4) is 0 Å². The van der Waals surface area contributed by atoms with Crippen LogP contribution in [-0.4, -0.2) is 33.6 Å². The smallest absolute Gasteiger partial charge is 0.395 e. The fraction of sp³-hybridized carbons (Fsp3) is 0.577. The fourth-order valence-electron chi connectivity index (χ4n) is 7.63. The van der Waals surface area contributed by atoms with Crippen molar-refractivity contribution in [1.29, 1.82) is 0 Å². The first-order valence-corrected chi connectivity index (χ1v) is 12.6. The van der Waals surface area contributed by atoms with E-state index in [1.54, 1.807) is 12.1 Å². The van der Waals surface area contributed by atoms with Gasteiger partial charge in [0.1, 0.15) is 12.1 Å². The minimum absolute atomic E-state index is 0.0508. The predicted molar refractivity (Wildman–Crippen MR) is 122 cm³/mol. The lowest BCUT2D eigenvalue weighted by Gasteiger charge is -2.55. The Bertz CT molecular complexity index is 1170. The highest BCUT2D eigenvalue weighted by Crippen LogP contribution is 2.60. The van der Waals surface area contributed by atoms with Crippen molar-refractivity contribution >= 4 is 11.7 Å². The zero-order chi connectivity index (χ0) is 23.8. The van der Waals surface area contributed by atoms with Gasteiger partial charge in [0, 0.05) is 25.2 Å². The Morgan fingerprint density at radius 3 is 2.51 bits per heavy atom. The van der Waals surface area contributed by atoms with E-state index >= 15 is 0 Å². The van der Waals surface area contributed by atoms with Crippen LogP contribution in [0.2, 0.25) is 0 Å². The van der Waals surface area contributed by atoms with Gasteiger partial charge in [-0.2, -0.15) is 0 Å². The van der Waals surface area contributed by atoms with Gasteiger partial charge in [-0.05, 0) is 80.4 Å². The lowest BCUT2D eigenvalue weighted by molar-refractivity contribution is -0.286. The van der Waals surface area contributed by atoms with E-state index in [0.29, 0.717) is 36.7 Å². The molecule has 2 aliphatic heterocycles. The molecule has 4 fully saturated rings. The van der Waals surface area contributed by atoms with Gasteiger partial charge in [-0.1, -0.05) is 6.07 Å². The molecule has 4 aliphatic carbocycles. The van der Waals surface area contributed by atoms with Gasteiger partial charge >= 0.3 is 6.29 Å². The van der Waals surface area contributed by atoms with Gasteiger partial charge in [-0.25, -0.2) is 9.97 Å². The molecule has 184 valence electrons. The summed E-state index contributed by atoms with van der Waals surface area (Å²) in [4.78, 5) is 24.7. The van der Waals surface area contributed by atoms with Crippen LogP contribution in [-0.2, 0) is 24.3 Å². The molecule has 0 spiro atoms. The third-order valence-corrected chi connectivity index (χ3v) is 8.71. The number of hydrogen-bond donors (Lipinski definition) is 1. The Kier molecular flexibility index (Phi) is 4.66. The minimum Gasteiger partial charge on any atom is -0.395 e. The Hall–Kier alpha value is -2.81. The number of nitrogens with zero attached hydrogens (tertiary/aromatic N) is 3. The first-order valence-electron chi connectivity index (χ1n) is 12.6. The molecule has 1 amide bonds. The molecule has 6 aliphatic rings. The zero-order valence-electron chi connectivity index (χ0n) is 19.4. The Morgan fingerprint density at radius 1 is 1.06 bits per heavy atom. The zero-order valence-corrected chi connectivity index (χ0v) is 19.4. The Balaban J connectivity index is 1.05. The molecule has 3 heterocycles. The van der Waals surface area contributed by atoms with Crippen molar-refractivity contribution in [3.05, 3.63) is 41.3 Å². The maximum atomic E-state index is 13.5. The van der Waals surface area contributed by atoms with E-state index in [1.807, 2.05) is 0 Å². The van der Waals surface area contributed by atoms with Gasteiger partial charge in [0.25, 0.3) is 0 Å². The molecular formula is C26H28F2N4O3. The SMILES string of the molecule is O=C(Nc1ncnc2c1CCN(Cc1ccc3c(c1)OC(F)(F)O3)C2)C12CC3CC(CC(C3)C1)C2. The third-order valence-electron chi connectivity index (χ3n) is 8.71. The molecule has 4 bridgehead atoms. The lowest BCUT2D eigenvalue weighted by Crippen LogP contribution is -2.52. The second-order valence-corrected chi connectivity index (χ2v) is 11.2. The van der Waals surface area contributed by atoms with Gasteiger partial charge < -0.3 is 14.8 Å². The average Bonchev–Trinajstić information content (AvgIpc) is 3.11. The molecule has 1 N–H and O–H groups in total. The standard InChI is InChI=1S/C26H28F2N4O3/c27-26(28)34-21-2-1-15(8-22(21)35-26)12-32-4-3-19-20(13-32)29-14-30-23(19)31-24(33)25-9-16-5-17(10-25)7-18(6-16)11-25/h1-2,8,14,16-18H,3-7,9-13H2,(H,29,30,31,33). The molecule has 35 heavy (non-hydrogen) atoms. The molecular weight excluding hydrogens is 454 g/mol. The van der Waals surface area contributed by atoms with E-state index in [1.165, 1.54) is 31.7 Å². The van der Waals surface area contributed by atoms with Crippen LogP contribution in [0, 0.1) is 23.2 Å². The molecule has 0 radical (unpaired) electrons. The number of amides is 1. The van der Waals surface area contributed by atoms with Crippen LogP contribution in [0.25, 0.3) is 0 Å². The second kappa shape index (κ2) is 7.59. The number of nitrogens with one attached hydrogen (secondary N) is 1. The van der Waals surface area contributed by atoms with Crippen molar-refractivity contribution in [2.24, 2.45) is 23.2 Å². The van der Waals surface area contributed by atoms with Crippen molar-refractivity contribution in [1.82, 2.24) is 14.9 Å². The summed E-state index contributed by atoms with van der Waals surface area (Å²) in [6.07, 6.45) is 5.60. The van der Waals surface area contributed by atoms with E-state index in [9.17, 15) is 13.6 Å². The molecule has 0 saturated heterocycles. The van der Waals surface area contributed by atoms with Crippen molar-refractivity contribution in [3.63, 3.8) is 0 Å². The van der Waals surface area contributed by atoms with Crippen LogP contribution < -0.4 is 14.8 Å². The van der Waals surface area contributed by atoms with Crippen molar-refractivity contribution in [3.8, 4) is 11.5 Å². The van der Waals surface area contributed by atoms with Gasteiger partial charge in [-0.15, -0.1) is 8.78 Å². The molecule has 0 unspecified atom stereocenters. The van der Waals surface area contributed by atoms with Gasteiger partial charge in [0.05, 0.1) is 11.1 Å². The predicted octanol–water partition coefficient (Wildman–Crippen LogP) is 4.51. The number of ether oxygens (including phenoxy) is 2. The molecule has 7 nitrogen and oxygen atoms in total.